The van der Waals surface area contributed by atoms with Crippen LogP contribution in [0.4, 0.5) is 16.2 Å². The second kappa shape index (κ2) is 8.55. The van der Waals surface area contributed by atoms with E-state index in [1.807, 2.05) is 6.07 Å². The van der Waals surface area contributed by atoms with Crippen molar-refractivity contribution in [3.8, 4) is 0 Å². The van der Waals surface area contributed by atoms with Gasteiger partial charge in [0, 0.05) is 24.3 Å². The molecule has 0 bridgehead atoms. The van der Waals surface area contributed by atoms with Gasteiger partial charge < -0.3 is 10.6 Å². The van der Waals surface area contributed by atoms with Gasteiger partial charge in [-0.05, 0) is 31.2 Å². The average Bonchev–Trinajstić information content (AvgIpc) is 2.92. The fourth-order valence-corrected chi connectivity index (χ4v) is 3.24. The lowest BCUT2D eigenvalue weighted by Crippen LogP contribution is -2.44. The first-order valence-corrected chi connectivity index (χ1v) is 9.23. The van der Waals surface area contributed by atoms with E-state index in [4.69, 9.17) is 5.73 Å². The topological polar surface area (TPSA) is 104 Å². The molecule has 1 heterocycles. The number of hydrogen-bond acceptors (Lipinski definition) is 4. The standard InChI is InChI=1S/C21H22N4O4/c1-15-20(28)24(21(29)25(15)17-10-6-3-7-11-17)14-19(27)23(13-12-18(22)26)16-8-4-2-5-9-16/h2-11,15H,12-14H2,1H3,(H2,22,26)/t15-/m0/s1. The zero-order valence-electron chi connectivity index (χ0n) is 16.0. The van der Waals surface area contributed by atoms with E-state index in [0.29, 0.717) is 11.4 Å². The monoisotopic (exact) mass is 394 g/mol. The minimum absolute atomic E-state index is 0.0327. The van der Waals surface area contributed by atoms with Crippen molar-refractivity contribution < 1.29 is 19.2 Å². The molecule has 29 heavy (non-hydrogen) atoms. The predicted molar refractivity (Wildman–Crippen MR) is 108 cm³/mol. The second-order valence-corrected chi connectivity index (χ2v) is 6.69. The van der Waals surface area contributed by atoms with Gasteiger partial charge in [0.15, 0.2) is 0 Å². The summed E-state index contributed by atoms with van der Waals surface area (Å²) < 4.78 is 0. The number of urea groups is 1. The Bertz CT molecular complexity index is 917. The highest BCUT2D eigenvalue weighted by atomic mass is 16.2. The van der Waals surface area contributed by atoms with Crippen molar-refractivity contribution in [3.63, 3.8) is 0 Å². The van der Waals surface area contributed by atoms with Gasteiger partial charge in [-0.2, -0.15) is 0 Å². The van der Waals surface area contributed by atoms with Crippen molar-refractivity contribution in [1.82, 2.24) is 4.90 Å². The third-order valence-electron chi connectivity index (χ3n) is 4.73. The molecule has 1 aliphatic heterocycles. The summed E-state index contributed by atoms with van der Waals surface area (Å²) in [5.74, 6) is -1.47. The summed E-state index contributed by atoms with van der Waals surface area (Å²) in [5.41, 5.74) is 6.37. The maximum Gasteiger partial charge on any atom is 0.332 e. The Morgan fingerprint density at radius 2 is 1.59 bits per heavy atom. The lowest BCUT2D eigenvalue weighted by atomic mass is 10.2. The minimum Gasteiger partial charge on any atom is -0.370 e. The number of para-hydroxylation sites is 2. The van der Waals surface area contributed by atoms with E-state index in [1.165, 1.54) is 9.80 Å². The second-order valence-electron chi connectivity index (χ2n) is 6.69. The van der Waals surface area contributed by atoms with Crippen LogP contribution in [0.2, 0.25) is 0 Å². The Balaban J connectivity index is 1.81. The van der Waals surface area contributed by atoms with Crippen LogP contribution < -0.4 is 15.5 Å². The first kappa shape index (κ1) is 20.1. The summed E-state index contributed by atoms with van der Waals surface area (Å²) >= 11 is 0. The molecule has 0 spiro atoms. The van der Waals surface area contributed by atoms with Crippen LogP contribution >= 0.6 is 0 Å². The Morgan fingerprint density at radius 3 is 2.17 bits per heavy atom. The van der Waals surface area contributed by atoms with Gasteiger partial charge in [0.25, 0.3) is 5.91 Å². The highest BCUT2D eigenvalue weighted by molar-refractivity contribution is 6.16. The van der Waals surface area contributed by atoms with E-state index in [-0.39, 0.29) is 13.0 Å². The SMILES string of the molecule is C[C@H]1C(=O)N(CC(=O)N(CCC(N)=O)c2ccccc2)C(=O)N1c1ccccc1. The van der Waals surface area contributed by atoms with Crippen molar-refractivity contribution in [2.75, 3.05) is 22.9 Å². The van der Waals surface area contributed by atoms with Crippen LogP contribution in [0, 0.1) is 0 Å². The molecule has 8 nitrogen and oxygen atoms in total. The number of rotatable bonds is 7. The summed E-state index contributed by atoms with van der Waals surface area (Å²) in [4.78, 5) is 53.4. The first-order valence-electron chi connectivity index (χ1n) is 9.23. The molecule has 1 fully saturated rings. The molecule has 1 aliphatic rings. The molecule has 2 N–H and O–H groups in total. The molecule has 150 valence electrons. The van der Waals surface area contributed by atoms with E-state index >= 15 is 0 Å². The van der Waals surface area contributed by atoms with Crippen molar-refractivity contribution in [2.24, 2.45) is 5.73 Å². The van der Waals surface area contributed by atoms with Crippen molar-refractivity contribution in [2.45, 2.75) is 19.4 Å². The van der Waals surface area contributed by atoms with Gasteiger partial charge in [0.1, 0.15) is 12.6 Å². The third-order valence-corrected chi connectivity index (χ3v) is 4.73. The van der Waals surface area contributed by atoms with Gasteiger partial charge in [-0.25, -0.2) is 4.79 Å². The molecule has 2 aromatic carbocycles. The average molecular weight is 394 g/mol. The molecule has 1 saturated heterocycles. The summed E-state index contributed by atoms with van der Waals surface area (Å²) in [6.07, 6.45) is -0.0327. The summed E-state index contributed by atoms with van der Waals surface area (Å²) in [6, 6.07) is 16.3. The van der Waals surface area contributed by atoms with Crippen molar-refractivity contribution in [1.29, 1.82) is 0 Å². The smallest absolute Gasteiger partial charge is 0.332 e. The first-order chi connectivity index (χ1) is 13.9. The molecule has 8 heteroatoms. The van der Waals surface area contributed by atoms with Crippen LogP contribution in [0.3, 0.4) is 0 Å². The Morgan fingerprint density at radius 1 is 1.00 bits per heavy atom. The molecule has 0 unspecified atom stereocenters. The van der Waals surface area contributed by atoms with E-state index in [9.17, 15) is 19.2 Å². The lowest BCUT2D eigenvalue weighted by molar-refractivity contribution is -0.131. The molecule has 0 aliphatic carbocycles. The van der Waals surface area contributed by atoms with Crippen LogP contribution in [0.1, 0.15) is 13.3 Å². The van der Waals surface area contributed by atoms with Gasteiger partial charge in [0.2, 0.25) is 11.8 Å². The van der Waals surface area contributed by atoms with Crippen LogP contribution in [0.5, 0.6) is 0 Å². The zero-order valence-corrected chi connectivity index (χ0v) is 16.0. The number of anilines is 2. The number of nitrogens with zero attached hydrogens (tertiary/aromatic N) is 3. The normalized spacial score (nSPS) is 16.2. The summed E-state index contributed by atoms with van der Waals surface area (Å²) in [6.45, 7) is 1.27. The number of carbonyl (C=O) groups is 4. The van der Waals surface area contributed by atoms with Gasteiger partial charge in [-0.3, -0.25) is 24.2 Å². The number of carbonyl (C=O) groups excluding carboxylic acids is 4. The Labute approximate surface area is 168 Å². The van der Waals surface area contributed by atoms with Gasteiger partial charge in [-0.1, -0.05) is 36.4 Å². The maximum atomic E-state index is 13.0. The summed E-state index contributed by atoms with van der Waals surface area (Å²) in [7, 11) is 0. The van der Waals surface area contributed by atoms with Gasteiger partial charge >= 0.3 is 6.03 Å². The van der Waals surface area contributed by atoms with Crippen LogP contribution in [0.25, 0.3) is 0 Å². The largest absolute Gasteiger partial charge is 0.370 e. The number of amides is 5. The number of imide groups is 1. The number of nitrogens with two attached hydrogens (primary N) is 1. The highest BCUT2D eigenvalue weighted by Crippen LogP contribution is 2.26. The number of hydrogen-bond donors (Lipinski definition) is 1. The van der Waals surface area contributed by atoms with E-state index < -0.39 is 36.3 Å². The third kappa shape index (κ3) is 4.26. The quantitative estimate of drug-likeness (QED) is 0.723. The predicted octanol–water partition coefficient (Wildman–Crippen LogP) is 1.75. The van der Waals surface area contributed by atoms with E-state index in [1.54, 1.807) is 61.5 Å². The van der Waals surface area contributed by atoms with Crippen molar-refractivity contribution in [3.05, 3.63) is 60.7 Å². The minimum atomic E-state index is -0.714. The molecule has 0 aromatic heterocycles. The number of primary amides is 1. The highest BCUT2D eigenvalue weighted by Gasteiger charge is 2.44. The van der Waals surface area contributed by atoms with Crippen LogP contribution in [-0.4, -0.2) is 47.8 Å². The molecule has 0 saturated carbocycles. The molecule has 0 radical (unpaired) electrons. The zero-order chi connectivity index (χ0) is 21.0. The molecular formula is C21H22N4O4. The Kier molecular flexibility index (Phi) is 5.92. The van der Waals surface area contributed by atoms with Crippen molar-refractivity contribution >= 4 is 35.1 Å². The van der Waals surface area contributed by atoms with Gasteiger partial charge in [-0.15, -0.1) is 0 Å². The van der Waals surface area contributed by atoms with E-state index in [2.05, 4.69) is 0 Å². The molecule has 5 amide bonds. The Hall–Kier alpha value is -3.68. The lowest BCUT2D eigenvalue weighted by Gasteiger charge is -2.24. The fraction of sp³-hybridized carbons (Fsp3) is 0.238. The number of benzene rings is 2. The molecule has 2 aromatic rings. The van der Waals surface area contributed by atoms with Gasteiger partial charge in [0.05, 0.1) is 0 Å². The van der Waals surface area contributed by atoms with Crippen LogP contribution in [-0.2, 0) is 14.4 Å². The fourth-order valence-electron chi connectivity index (χ4n) is 3.24. The summed E-state index contributed by atoms with van der Waals surface area (Å²) in [5, 5.41) is 0. The molecule has 1 atom stereocenters. The maximum absolute atomic E-state index is 13.0. The molecular weight excluding hydrogens is 372 g/mol. The molecule has 3 rings (SSSR count). The van der Waals surface area contributed by atoms with Crippen LogP contribution in [0.15, 0.2) is 60.7 Å². The van der Waals surface area contributed by atoms with E-state index in [0.717, 1.165) is 4.90 Å².